The fourth-order valence-electron chi connectivity index (χ4n) is 1.42. The number of hydrogen-bond donors (Lipinski definition) is 0. The Morgan fingerprint density at radius 3 is 2.36 bits per heavy atom. The van der Waals surface area contributed by atoms with Crippen molar-refractivity contribution in [3.63, 3.8) is 0 Å². The van der Waals surface area contributed by atoms with Crippen LogP contribution in [0.5, 0.6) is 0 Å². The summed E-state index contributed by atoms with van der Waals surface area (Å²) in [4.78, 5) is 2.16. The monoisotopic (exact) mass is 195 g/mol. The Balaban J connectivity index is 2.43. The fraction of sp³-hybridized carbons (Fsp3) is 0.500. The molecule has 0 aromatic heterocycles. The van der Waals surface area contributed by atoms with Crippen LogP contribution in [0.15, 0.2) is 24.3 Å². The summed E-state index contributed by atoms with van der Waals surface area (Å²) in [6.07, 6.45) is 3.69. The van der Waals surface area contributed by atoms with E-state index in [0.29, 0.717) is 0 Å². The van der Waals surface area contributed by atoms with Gasteiger partial charge in [-0.2, -0.15) is 0 Å². The van der Waals surface area contributed by atoms with Crippen molar-refractivity contribution in [2.75, 3.05) is 18.5 Å². The average molecular weight is 195 g/mol. The number of hydrogen-bond acceptors (Lipinski definition) is 1. The molecule has 0 atom stereocenters. The normalized spacial score (nSPS) is 10.2. The first-order chi connectivity index (χ1) is 6.74. The molecule has 78 valence electrons. The van der Waals surface area contributed by atoms with Crippen LogP contribution in [-0.2, 0) is 0 Å². The van der Waals surface area contributed by atoms with E-state index in [-0.39, 0.29) is 5.82 Å². The molecule has 0 saturated heterocycles. The summed E-state index contributed by atoms with van der Waals surface area (Å²) in [6, 6.07) is 6.65. The summed E-state index contributed by atoms with van der Waals surface area (Å²) in [5, 5.41) is 0. The van der Waals surface area contributed by atoms with Crippen molar-refractivity contribution in [3.05, 3.63) is 30.1 Å². The first kappa shape index (κ1) is 11.0. The van der Waals surface area contributed by atoms with E-state index in [1.165, 1.54) is 31.4 Å². The van der Waals surface area contributed by atoms with Gasteiger partial charge in [-0.15, -0.1) is 0 Å². The summed E-state index contributed by atoms with van der Waals surface area (Å²) in [5.74, 6) is -0.171. The molecule has 0 aliphatic carbocycles. The maximum atomic E-state index is 12.6. The lowest BCUT2D eigenvalue weighted by molar-refractivity contribution is 0.627. The average Bonchev–Trinajstić information content (AvgIpc) is 2.19. The molecule has 0 radical (unpaired) electrons. The van der Waals surface area contributed by atoms with Crippen LogP contribution in [0.3, 0.4) is 0 Å². The second kappa shape index (κ2) is 5.63. The van der Waals surface area contributed by atoms with Gasteiger partial charge in [0.15, 0.2) is 0 Å². The van der Waals surface area contributed by atoms with E-state index in [4.69, 9.17) is 0 Å². The Kier molecular flexibility index (Phi) is 4.44. The molecule has 0 fully saturated rings. The van der Waals surface area contributed by atoms with E-state index < -0.39 is 0 Å². The van der Waals surface area contributed by atoms with Crippen molar-refractivity contribution >= 4 is 5.69 Å². The maximum absolute atomic E-state index is 12.6. The summed E-state index contributed by atoms with van der Waals surface area (Å²) >= 11 is 0. The Bertz CT molecular complexity index is 256. The number of halogens is 1. The van der Waals surface area contributed by atoms with Gasteiger partial charge in [0.1, 0.15) is 5.82 Å². The molecule has 1 nitrogen and oxygen atoms in total. The molecule has 0 amide bonds. The molecular formula is C12H18FN. The first-order valence-electron chi connectivity index (χ1n) is 5.20. The molecule has 2 heteroatoms. The van der Waals surface area contributed by atoms with E-state index in [2.05, 4.69) is 11.8 Å². The highest BCUT2D eigenvalue weighted by Gasteiger charge is 1.99. The summed E-state index contributed by atoms with van der Waals surface area (Å²) < 4.78 is 12.6. The summed E-state index contributed by atoms with van der Waals surface area (Å²) in [5.41, 5.74) is 1.09. The topological polar surface area (TPSA) is 3.24 Å². The fourth-order valence-corrected chi connectivity index (χ4v) is 1.42. The highest BCUT2D eigenvalue weighted by molar-refractivity contribution is 5.45. The van der Waals surface area contributed by atoms with Gasteiger partial charge in [0.2, 0.25) is 0 Å². The largest absolute Gasteiger partial charge is 0.375 e. The van der Waals surface area contributed by atoms with Gasteiger partial charge in [-0.1, -0.05) is 19.8 Å². The molecule has 0 heterocycles. The summed E-state index contributed by atoms with van der Waals surface area (Å²) in [6.45, 7) is 3.23. The molecule has 0 N–H and O–H groups in total. The third kappa shape index (κ3) is 3.36. The Morgan fingerprint density at radius 2 is 1.79 bits per heavy atom. The zero-order valence-corrected chi connectivity index (χ0v) is 8.96. The van der Waals surface area contributed by atoms with Crippen LogP contribution in [-0.4, -0.2) is 13.6 Å². The van der Waals surface area contributed by atoms with Crippen LogP contribution >= 0.6 is 0 Å². The SMILES string of the molecule is CCCCCN(C)c1ccc(F)cc1. The van der Waals surface area contributed by atoms with Gasteiger partial charge < -0.3 is 4.90 Å². The van der Waals surface area contributed by atoms with E-state index in [1.807, 2.05) is 19.2 Å². The van der Waals surface area contributed by atoms with E-state index in [0.717, 1.165) is 12.2 Å². The number of benzene rings is 1. The van der Waals surface area contributed by atoms with Crippen molar-refractivity contribution < 1.29 is 4.39 Å². The van der Waals surface area contributed by atoms with Gasteiger partial charge in [0.05, 0.1) is 0 Å². The third-order valence-electron chi connectivity index (χ3n) is 2.36. The Morgan fingerprint density at radius 1 is 1.14 bits per heavy atom. The zero-order chi connectivity index (χ0) is 10.4. The van der Waals surface area contributed by atoms with E-state index in [9.17, 15) is 4.39 Å². The number of nitrogens with zero attached hydrogens (tertiary/aromatic N) is 1. The molecule has 0 saturated carbocycles. The first-order valence-corrected chi connectivity index (χ1v) is 5.20. The number of rotatable bonds is 5. The zero-order valence-electron chi connectivity index (χ0n) is 8.96. The molecular weight excluding hydrogens is 177 g/mol. The van der Waals surface area contributed by atoms with Crippen molar-refractivity contribution in [2.45, 2.75) is 26.2 Å². The number of unbranched alkanes of at least 4 members (excludes halogenated alkanes) is 2. The summed E-state index contributed by atoms with van der Waals surface area (Å²) in [7, 11) is 2.04. The highest BCUT2D eigenvalue weighted by atomic mass is 19.1. The number of anilines is 1. The predicted molar refractivity (Wildman–Crippen MR) is 59.2 cm³/mol. The minimum Gasteiger partial charge on any atom is -0.375 e. The van der Waals surface area contributed by atoms with Crippen molar-refractivity contribution in [2.24, 2.45) is 0 Å². The molecule has 0 aliphatic heterocycles. The molecule has 0 aliphatic rings. The predicted octanol–water partition coefficient (Wildman–Crippen LogP) is 3.45. The standard InChI is InChI=1S/C12H18FN/c1-3-4-5-10-14(2)12-8-6-11(13)7-9-12/h6-9H,3-5,10H2,1-2H3. The smallest absolute Gasteiger partial charge is 0.123 e. The van der Waals surface area contributed by atoms with Gasteiger partial charge in [0, 0.05) is 19.3 Å². The molecule has 1 rings (SSSR count). The Labute approximate surface area is 85.5 Å². The van der Waals surface area contributed by atoms with Crippen LogP contribution < -0.4 is 4.90 Å². The molecule has 14 heavy (non-hydrogen) atoms. The second-order valence-electron chi connectivity index (χ2n) is 3.61. The van der Waals surface area contributed by atoms with Gasteiger partial charge >= 0.3 is 0 Å². The van der Waals surface area contributed by atoms with Gasteiger partial charge in [-0.3, -0.25) is 0 Å². The molecule has 1 aromatic carbocycles. The van der Waals surface area contributed by atoms with Crippen LogP contribution in [0, 0.1) is 5.82 Å². The van der Waals surface area contributed by atoms with Crippen molar-refractivity contribution in [3.8, 4) is 0 Å². The van der Waals surface area contributed by atoms with E-state index in [1.54, 1.807) is 0 Å². The minimum absolute atomic E-state index is 0.171. The van der Waals surface area contributed by atoms with Gasteiger partial charge in [-0.25, -0.2) is 4.39 Å². The third-order valence-corrected chi connectivity index (χ3v) is 2.36. The molecule has 1 aromatic rings. The lowest BCUT2D eigenvalue weighted by atomic mass is 10.2. The Hall–Kier alpha value is -1.05. The lowest BCUT2D eigenvalue weighted by Gasteiger charge is -2.18. The van der Waals surface area contributed by atoms with Crippen LogP contribution in [0.2, 0.25) is 0 Å². The van der Waals surface area contributed by atoms with Crippen LogP contribution in [0.4, 0.5) is 10.1 Å². The van der Waals surface area contributed by atoms with Crippen molar-refractivity contribution in [1.29, 1.82) is 0 Å². The van der Waals surface area contributed by atoms with Crippen LogP contribution in [0.25, 0.3) is 0 Å². The van der Waals surface area contributed by atoms with E-state index >= 15 is 0 Å². The van der Waals surface area contributed by atoms with Gasteiger partial charge in [0.25, 0.3) is 0 Å². The van der Waals surface area contributed by atoms with Crippen molar-refractivity contribution in [1.82, 2.24) is 0 Å². The molecule has 0 bridgehead atoms. The van der Waals surface area contributed by atoms with Crippen LogP contribution in [0.1, 0.15) is 26.2 Å². The molecule has 0 unspecified atom stereocenters. The minimum atomic E-state index is -0.171. The van der Waals surface area contributed by atoms with Gasteiger partial charge in [-0.05, 0) is 30.7 Å². The maximum Gasteiger partial charge on any atom is 0.123 e. The highest BCUT2D eigenvalue weighted by Crippen LogP contribution is 2.13. The molecule has 0 spiro atoms. The lowest BCUT2D eigenvalue weighted by Crippen LogP contribution is -2.18. The quantitative estimate of drug-likeness (QED) is 0.650. The second-order valence-corrected chi connectivity index (χ2v) is 3.61.